The number of hydrogen-bond donors (Lipinski definition) is 0. The van der Waals surface area contributed by atoms with Crippen LogP contribution in [0, 0.1) is 0 Å². The third kappa shape index (κ3) is 2.87. The summed E-state index contributed by atoms with van der Waals surface area (Å²) in [6, 6.07) is 5.66. The fourth-order valence-corrected chi connectivity index (χ4v) is 1.47. The van der Waals surface area contributed by atoms with E-state index >= 15 is 0 Å². The van der Waals surface area contributed by atoms with Crippen molar-refractivity contribution in [3.8, 4) is 0 Å². The molecular formula is C10H12Cl2O. The van der Waals surface area contributed by atoms with Gasteiger partial charge in [-0.3, -0.25) is 0 Å². The molecule has 1 atom stereocenters. The zero-order valence-corrected chi connectivity index (χ0v) is 9.19. The van der Waals surface area contributed by atoms with Gasteiger partial charge in [0.1, 0.15) is 0 Å². The van der Waals surface area contributed by atoms with Crippen molar-refractivity contribution >= 4 is 23.2 Å². The van der Waals surface area contributed by atoms with Crippen LogP contribution in [0.25, 0.3) is 0 Å². The first-order valence-electron chi connectivity index (χ1n) is 4.09. The Hall–Kier alpha value is -0.240. The van der Waals surface area contributed by atoms with Gasteiger partial charge in [0, 0.05) is 13.0 Å². The normalized spacial score (nSPS) is 12.9. The second-order valence-corrected chi connectivity index (χ2v) is 3.84. The van der Waals surface area contributed by atoms with Gasteiger partial charge in [0.15, 0.2) is 0 Å². The molecule has 0 amide bonds. The molecule has 0 radical (unpaired) electrons. The van der Waals surface area contributed by atoms with Crippen LogP contribution in [-0.4, -0.2) is 13.7 Å². The molecular weight excluding hydrogens is 207 g/mol. The minimum atomic E-state index is 0.347. The third-order valence-corrected chi connectivity index (χ3v) is 2.67. The summed E-state index contributed by atoms with van der Waals surface area (Å²) in [4.78, 5) is 0. The van der Waals surface area contributed by atoms with E-state index in [9.17, 15) is 0 Å². The van der Waals surface area contributed by atoms with Gasteiger partial charge >= 0.3 is 0 Å². The summed E-state index contributed by atoms with van der Waals surface area (Å²) in [6.45, 7) is 2.78. The maximum Gasteiger partial charge on any atom is 0.0595 e. The van der Waals surface area contributed by atoms with Crippen LogP contribution < -0.4 is 0 Å². The van der Waals surface area contributed by atoms with Gasteiger partial charge in [-0.2, -0.15) is 0 Å². The summed E-state index contributed by atoms with van der Waals surface area (Å²) in [5.41, 5.74) is 1.15. The first-order chi connectivity index (χ1) is 6.15. The monoisotopic (exact) mass is 218 g/mol. The van der Waals surface area contributed by atoms with Gasteiger partial charge in [0.05, 0.1) is 16.7 Å². The molecule has 0 bridgehead atoms. The summed E-state index contributed by atoms with van der Waals surface area (Å²) in [5.74, 6) is 0.347. The van der Waals surface area contributed by atoms with Crippen LogP contribution in [0.5, 0.6) is 0 Å². The van der Waals surface area contributed by atoms with Gasteiger partial charge in [-0.15, -0.1) is 0 Å². The Labute approximate surface area is 88.6 Å². The molecule has 1 rings (SSSR count). The Kier molecular flexibility index (Phi) is 4.04. The average Bonchev–Trinajstić information content (AvgIpc) is 2.10. The number of halogens is 2. The molecule has 0 spiro atoms. The minimum absolute atomic E-state index is 0.347. The largest absolute Gasteiger partial charge is 0.384 e. The second-order valence-electron chi connectivity index (χ2n) is 3.03. The fraction of sp³-hybridized carbons (Fsp3) is 0.400. The predicted molar refractivity (Wildman–Crippen MR) is 56.8 cm³/mol. The molecule has 1 nitrogen and oxygen atoms in total. The van der Waals surface area contributed by atoms with Crippen molar-refractivity contribution in [2.45, 2.75) is 12.8 Å². The second kappa shape index (κ2) is 4.85. The number of rotatable bonds is 3. The molecule has 13 heavy (non-hydrogen) atoms. The van der Waals surface area contributed by atoms with Crippen LogP contribution in [0.1, 0.15) is 18.4 Å². The minimum Gasteiger partial charge on any atom is -0.384 e. The first kappa shape index (κ1) is 10.8. The van der Waals surface area contributed by atoms with E-state index in [2.05, 4.69) is 6.92 Å². The van der Waals surface area contributed by atoms with E-state index in [1.54, 1.807) is 7.11 Å². The van der Waals surface area contributed by atoms with Crippen LogP contribution >= 0.6 is 23.2 Å². The summed E-state index contributed by atoms with van der Waals surface area (Å²) in [5, 5.41) is 1.19. The van der Waals surface area contributed by atoms with Crippen LogP contribution in [0.2, 0.25) is 10.0 Å². The third-order valence-electron chi connectivity index (χ3n) is 1.93. The Balaban J connectivity index is 2.84. The molecule has 72 valence electrons. The van der Waals surface area contributed by atoms with Gasteiger partial charge in [-0.1, -0.05) is 36.2 Å². The van der Waals surface area contributed by atoms with Gasteiger partial charge in [0.25, 0.3) is 0 Å². The van der Waals surface area contributed by atoms with Crippen LogP contribution in [0.4, 0.5) is 0 Å². The number of methoxy groups -OCH3 is 1. The van der Waals surface area contributed by atoms with Crippen molar-refractivity contribution in [1.82, 2.24) is 0 Å². The van der Waals surface area contributed by atoms with Crippen molar-refractivity contribution in [1.29, 1.82) is 0 Å². The summed E-state index contributed by atoms with van der Waals surface area (Å²) >= 11 is 11.7. The maximum atomic E-state index is 5.89. The lowest BCUT2D eigenvalue weighted by Gasteiger charge is -2.10. The molecule has 0 aliphatic carbocycles. The highest BCUT2D eigenvalue weighted by Gasteiger charge is 2.06. The Bertz CT molecular complexity index is 286. The molecule has 0 heterocycles. The van der Waals surface area contributed by atoms with Crippen molar-refractivity contribution in [2.75, 3.05) is 13.7 Å². The topological polar surface area (TPSA) is 9.23 Å². The van der Waals surface area contributed by atoms with Crippen molar-refractivity contribution in [2.24, 2.45) is 0 Å². The molecule has 0 saturated heterocycles. The molecule has 0 N–H and O–H groups in total. The fourth-order valence-electron chi connectivity index (χ4n) is 1.17. The smallest absolute Gasteiger partial charge is 0.0595 e. The number of benzene rings is 1. The van der Waals surface area contributed by atoms with Crippen LogP contribution in [0.15, 0.2) is 18.2 Å². The van der Waals surface area contributed by atoms with E-state index < -0.39 is 0 Å². The summed E-state index contributed by atoms with van der Waals surface area (Å²) in [7, 11) is 1.69. The molecule has 0 aliphatic rings. The molecule has 1 unspecified atom stereocenters. The molecule has 1 aromatic rings. The standard InChI is InChI=1S/C10H12Cl2O/c1-7(6-13-2)8-3-4-9(11)10(12)5-8/h3-5,7H,6H2,1-2H3. The van der Waals surface area contributed by atoms with E-state index in [0.29, 0.717) is 22.6 Å². The zero-order valence-electron chi connectivity index (χ0n) is 7.68. The molecule has 0 fully saturated rings. The lowest BCUT2D eigenvalue weighted by atomic mass is 10.0. The molecule has 0 aromatic heterocycles. The molecule has 1 aromatic carbocycles. The van der Waals surface area contributed by atoms with E-state index in [0.717, 1.165) is 5.56 Å². The van der Waals surface area contributed by atoms with Crippen molar-refractivity contribution in [3.05, 3.63) is 33.8 Å². The summed E-state index contributed by atoms with van der Waals surface area (Å²) < 4.78 is 5.05. The van der Waals surface area contributed by atoms with E-state index in [4.69, 9.17) is 27.9 Å². The van der Waals surface area contributed by atoms with Gasteiger partial charge in [-0.05, 0) is 17.7 Å². The zero-order chi connectivity index (χ0) is 9.84. The maximum absolute atomic E-state index is 5.89. The Morgan fingerprint density at radius 1 is 1.31 bits per heavy atom. The summed E-state index contributed by atoms with van der Waals surface area (Å²) in [6.07, 6.45) is 0. The van der Waals surface area contributed by atoms with Crippen LogP contribution in [-0.2, 0) is 4.74 Å². The molecule has 3 heteroatoms. The van der Waals surface area contributed by atoms with Gasteiger partial charge < -0.3 is 4.74 Å². The highest BCUT2D eigenvalue weighted by atomic mass is 35.5. The lowest BCUT2D eigenvalue weighted by molar-refractivity contribution is 0.184. The predicted octanol–water partition coefficient (Wildman–Crippen LogP) is 3.74. The highest BCUT2D eigenvalue weighted by Crippen LogP contribution is 2.26. The Morgan fingerprint density at radius 3 is 2.54 bits per heavy atom. The molecule has 0 aliphatic heterocycles. The van der Waals surface area contributed by atoms with Crippen molar-refractivity contribution in [3.63, 3.8) is 0 Å². The van der Waals surface area contributed by atoms with Crippen LogP contribution in [0.3, 0.4) is 0 Å². The number of hydrogen-bond acceptors (Lipinski definition) is 1. The number of ether oxygens (including phenoxy) is 1. The average molecular weight is 219 g/mol. The van der Waals surface area contributed by atoms with E-state index in [1.807, 2.05) is 18.2 Å². The van der Waals surface area contributed by atoms with Gasteiger partial charge in [-0.25, -0.2) is 0 Å². The Morgan fingerprint density at radius 2 is 2.00 bits per heavy atom. The first-order valence-corrected chi connectivity index (χ1v) is 4.84. The quantitative estimate of drug-likeness (QED) is 0.752. The van der Waals surface area contributed by atoms with Gasteiger partial charge in [0.2, 0.25) is 0 Å². The SMILES string of the molecule is COCC(C)c1ccc(Cl)c(Cl)c1. The van der Waals surface area contributed by atoms with Crippen molar-refractivity contribution < 1.29 is 4.74 Å². The van der Waals surface area contributed by atoms with E-state index in [1.165, 1.54) is 0 Å². The molecule has 0 saturated carbocycles. The highest BCUT2D eigenvalue weighted by molar-refractivity contribution is 6.42. The van der Waals surface area contributed by atoms with E-state index in [-0.39, 0.29) is 0 Å². The lowest BCUT2D eigenvalue weighted by Crippen LogP contribution is -2.01.